The minimum absolute atomic E-state index is 0.0535. The van der Waals surface area contributed by atoms with Gasteiger partial charge in [0.1, 0.15) is 10.6 Å². The summed E-state index contributed by atoms with van der Waals surface area (Å²) >= 11 is 0. The lowest BCUT2D eigenvalue weighted by atomic mass is 10.2. The molecule has 5 nitrogen and oxygen atoms in total. The van der Waals surface area contributed by atoms with Crippen molar-refractivity contribution in [1.82, 2.24) is 9.29 Å². The van der Waals surface area contributed by atoms with Crippen molar-refractivity contribution in [3.05, 3.63) is 65.9 Å². The first-order chi connectivity index (χ1) is 13.0. The number of benzene rings is 2. The van der Waals surface area contributed by atoms with Crippen molar-refractivity contribution in [2.75, 3.05) is 7.11 Å². The molecule has 6 heteroatoms. The molecule has 0 saturated heterocycles. The van der Waals surface area contributed by atoms with Crippen molar-refractivity contribution >= 4 is 20.9 Å². The molecule has 2 aromatic carbocycles. The highest BCUT2D eigenvalue weighted by molar-refractivity contribution is 7.89. The van der Waals surface area contributed by atoms with Gasteiger partial charge in [-0.05, 0) is 55.2 Å². The monoisotopic (exact) mass is 382 g/mol. The molecule has 1 fully saturated rings. The molecule has 1 heterocycles. The van der Waals surface area contributed by atoms with Crippen LogP contribution in [0, 0.1) is 6.92 Å². The number of para-hydroxylation sites is 1. The van der Waals surface area contributed by atoms with E-state index in [1.54, 1.807) is 29.7 Å². The average molecular weight is 382 g/mol. The Hall–Kier alpha value is -2.44. The van der Waals surface area contributed by atoms with Crippen LogP contribution < -0.4 is 4.74 Å². The molecule has 27 heavy (non-hydrogen) atoms. The highest BCUT2D eigenvalue weighted by Gasteiger charge is 2.38. The van der Waals surface area contributed by atoms with E-state index in [4.69, 9.17) is 4.74 Å². The largest absolute Gasteiger partial charge is 0.497 e. The second-order valence-electron chi connectivity index (χ2n) is 6.97. The van der Waals surface area contributed by atoms with Gasteiger partial charge in [-0.3, -0.25) is 4.98 Å². The highest BCUT2D eigenvalue weighted by atomic mass is 32.2. The second-order valence-corrected chi connectivity index (χ2v) is 8.83. The van der Waals surface area contributed by atoms with E-state index in [2.05, 4.69) is 4.98 Å². The van der Waals surface area contributed by atoms with Crippen LogP contribution in [0.3, 0.4) is 0 Å². The molecule has 0 amide bonds. The quantitative estimate of drug-likeness (QED) is 0.649. The first-order valence-corrected chi connectivity index (χ1v) is 10.4. The summed E-state index contributed by atoms with van der Waals surface area (Å²) < 4.78 is 33.8. The van der Waals surface area contributed by atoms with Crippen LogP contribution in [0.1, 0.15) is 24.0 Å². The van der Waals surface area contributed by atoms with Crippen molar-refractivity contribution in [2.45, 2.75) is 37.2 Å². The van der Waals surface area contributed by atoms with E-state index in [1.165, 1.54) is 0 Å². The Bertz CT molecular complexity index is 1070. The molecule has 0 aliphatic heterocycles. The lowest BCUT2D eigenvalue weighted by Crippen LogP contribution is -2.32. The highest BCUT2D eigenvalue weighted by Crippen LogP contribution is 2.35. The van der Waals surface area contributed by atoms with Crippen LogP contribution in [-0.4, -0.2) is 30.9 Å². The van der Waals surface area contributed by atoms with Crippen LogP contribution in [0.2, 0.25) is 0 Å². The average Bonchev–Trinajstić information content (AvgIpc) is 3.50. The lowest BCUT2D eigenvalue weighted by molar-refractivity contribution is 0.397. The first kappa shape index (κ1) is 17.9. The predicted octanol–water partition coefficient (Wildman–Crippen LogP) is 3.91. The number of aryl methyl sites for hydroxylation is 1. The molecule has 1 saturated carbocycles. The Morgan fingerprint density at radius 1 is 1.15 bits per heavy atom. The van der Waals surface area contributed by atoms with E-state index in [0.29, 0.717) is 12.1 Å². The van der Waals surface area contributed by atoms with Gasteiger partial charge in [-0.1, -0.05) is 24.3 Å². The van der Waals surface area contributed by atoms with Gasteiger partial charge in [0.05, 0.1) is 12.6 Å². The van der Waals surface area contributed by atoms with E-state index in [1.807, 2.05) is 43.3 Å². The van der Waals surface area contributed by atoms with Crippen LogP contribution in [-0.2, 0) is 16.6 Å². The van der Waals surface area contributed by atoms with Gasteiger partial charge in [-0.25, -0.2) is 8.42 Å². The summed E-state index contributed by atoms with van der Waals surface area (Å²) in [6.07, 6.45) is 3.51. The zero-order valence-corrected chi connectivity index (χ0v) is 16.2. The SMILES string of the molecule is COc1ccc(CN(C2CC2)S(=O)(=O)c2cccc3cc(C)cnc23)cc1. The Morgan fingerprint density at radius 2 is 1.89 bits per heavy atom. The summed E-state index contributed by atoms with van der Waals surface area (Å²) in [5.41, 5.74) is 2.48. The summed E-state index contributed by atoms with van der Waals surface area (Å²) in [7, 11) is -2.04. The molecule has 1 aromatic heterocycles. The third-order valence-electron chi connectivity index (χ3n) is 4.85. The van der Waals surface area contributed by atoms with Crippen LogP contribution in [0.5, 0.6) is 5.75 Å². The Morgan fingerprint density at radius 3 is 2.56 bits per heavy atom. The molecule has 1 aliphatic rings. The Kier molecular flexibility index (Phi) is 4.61. The van der Waals surface area contributed by atoms with Crippen LogP contribution >= 0.6 is 0 Å². The third-order valence-corrected chi connectivity index (χ3v) is 6.78. The van der Waals surface area contributed by atoms with E-state index in [9.17, 15) is 8.42 Å². The number of methoxy groups -OCH3 is 1. The lowest BCUT2D eigenvalue weighted by Gasteiger charge is -2.23. The zero-order valence-electron chi connectivity index (χ0n) is 15.4. The molecule has 1 aliphatic carbocycles. The summed E-state index contributed by atoms with van der Waals surface area (Å²) in [6, 6.07) is 14.9. The van der Waals surface area contributed by atoms with Crippen molar-refractivity contribution in [1.29, 1.82) is 0 Å². The van der Waals surface area contributed by atoms with Gasteiger partial charge in [0, 0.05) is 24.2 Å². The van der Waals surface area contributed by atoms with Crippen LogP contribution in [0.15, 0.2) is 59.6 Å². The molecule has 0 unspecified atom stereocenters. The smallest absolute Gasteiger partial charge is 0.245 e. The van der Waals surface area contributed by atoms with Gasteiger partial charge in [0.15, 0.2) is 0 Å². The molecule has 140 valence electrons. The van der Waals surface area contributed by atoms with Gasteiger partial charge in [0.2, 0.25) is 10.0 Å². The maximum Gasteiger partial charge on any atom is 0.245 e. The number of aromatic nitrogens is 1. The van der Waals surface area contributed by atoms with Crippen molar-refractivity contribution in [3.8, 4) is 5.75 Å². The minimum atomic E-state index is -3.65. The van der Waals surface area contributed by atoms with Crippen molar-refractivity contribution in [2.24, 2.45) is 0 Å². The molecule has 0 radical (unpaired) electrons. The Balaban J connectivity index is 1.74. The molecule has 0 bridgehead atoms. The number of fused-ring (bicyclic) bond motifs is 1. The third kappa shape index (κ3) is 3.55. The molecular weight excluding hydrogens is 360 g/mol. The fourth-order valence-corrected chi connectivity index (χ4v) is 5.10. The van der Waals surface area contributed by atoms with Crippen molar-refractivity contribution < 1.29 is 13.2 Å². The summed E-state index contributed by atoms with van der Waals surface area (Å²) in [5, 5.41) is 0.844. The van der Waals surface area contributed by atoms with E-state index in [0.717, 1.165) is 35.1 Å². The predicted molar refractivity (Wildman–Crippen MR) is 105 cm³/mol. The minimum Gasteiger partial charge on any atom is -0.497 e. The number of nitrogens with zero attached hydrogens (tertiary/aromatic N) is 2. The molecule has 0 atom stereocenters. The van der Waals surface area contributed by atoms with Crippen LogP contribution in [0.25, 0.3) is 10.9 Å². The standard InChI is InChI=1S/C21H22N2O3S/c1-15-12-17-4-3-5-20(21(17)22-13-15)27(24,25)23(18-8-9-18)14-16-6-10-19(26-2)11-7-16/h3-7,10-13,18H,8-9,14H2,1-2H3. The zero-order chi connectivity index (χ0) is 19.0. The van der Waals surface area contributed by atoms with Crippen LogP contribution in [0.4, 0.5) is 0 Å². The fraction of sp³-hybridized carbons (Fsp3) is 0.286. The van der Waals surface area contributed by atoms with Crippen molar-refractivity contribution in [3.63, 3.8) is 0 Å². The second kappa shape index (κ2) is 6.94. The molecule has 0 spiro atoms. The number of hydrogen-bond donors (Lipinski definition) is 0. The number of sulfonamides is 1. The van der Waals surface area contributed by atoms with Gasteiger partial charge in [-0.15, -0.1) is 0 Å². The van der Waals surface area contributed by atoms with Gasteiger partial charge < -0.3 is 4.74 Å². The van der Waals surface area contributed by atoms with E-state index in [-0.39, 0.29) is 10.9 Å². The number of hydrogen-bond acceptors (Lipinski definition) is 4. The number of rotatable bonds is 6. The maximum absolute atomic E-state index is 13.5. The molecule has 4 rings (SSSR count). The fourth-order valence-electron chi connectivity index (χ4n) is 3.26. The number of ether oxygens (including phenoxy) is 1. The maximum atomic E-state index is 13.5. The summed E-state index contributed by atoms with van der Waals surface area (Å²) in [4.78, 5) is 4.69. The van der Waals surface area contributed by atoms with E-state index < -0.39 is 10.0 Å². The molecular formula is C21H22N2O3S. The summed E-state index contributed by atoms with van der Waals surface area (Å²) in [5.74, 6) is 0.758. The van der Waals surface area contributed by atoms with Gasteiger partial charge >= 0.3 is 0 Å². The van der Waals surface area contributed by atoms with Gasteiger partial charge in [0.25, 0.3) is 0 Å². The van der Waals surface area contributed by atoms with E-state index >= 15 is 0 Å². The Labute approximate surface area is 159 Å². The van der Waals surface area contributed by atoms with Gasteiger partial charge in [-0.2, -0.15) is 4.31 Å². The molecule has 3 aromatic rings. The summed E-state index contributed by atoms with van der Waals surface area (Å²) in [6.45, 7) is 2.30. The first-order valence-electron chi connectivity index (χ1n) is 8.99. The molecule has 0 N–H and O–H groups in total. The topological polar surface area (TPSA) is 59.5 Å². The number of pyridine rings is 1. The normalized spacial score (nSPS) is 14.6.